The van der Waals surface area contributed by atoms with E-state index in [1.165, 1.54) is 6.07 Å². The van der Waals surface area contributed by atoms with Crippen molar-refractivity contribution in [2.24, 2.45) is 5.92 Å². The maximum absolute atomic E-state index is 13.5. The second-order valence-corrected chi connectivity index (χ2v) is 8.08. The summed E-state index contributed by atoms with van der Waals surface area (Å²) >= 11 is 0. The molecule has 4 rings (SSSR count). The molecule has 0 radical (unpaired) electrons. The zero-order valence-corrected chi connectivity index (χ0v) is 16.2. The molecule has 0 bridgehead atoms. The van der Waals surface area contributed by atoms with Crippen molar-refractivity contribution in [3.05, 3.63) is 52.5 Å². The van der Waals surface area contributed by atoms with Crippen LogP contribution in [0.5, 0.6) is 0 Å². The fourth-order valence-corrected chi connectivity index (χ4v) is 4.04. The molecule has 2 aromatic rings. The van der Waals surface area contributed by atoms with E-state index in [4.69, 9.17) is 4.42 Å². The van der Waals surface area contributed by atoms with Gasteiger partial charge in [0.05, 0.1) is 5.69 Å². The molecule has 0 spiro atoms. The van der Waals surface area contributed by atoms with Gasteiger partial charge in [-0.1, -0.05) is 19.1 Å². The van der Waals surface area contributed by atoms with Crippen LogP contribution >= 0.6 is 0 Å². The molecule has 0 N–H and O–H groups in total. The van der Waals surface area contributed by atoms with Crippen molar-refractivity contribution in [2.45, 2.75) is 52.2 Å². The number of carbonyl (C=O) groups is 1. The second-order valence-electron chi connectivity index (χ2n) is 8.08. The van der Waals surface area contributed by atoms with Gasteiger partial charge in [0.2, 0.25) is 0 Å². The fourth-order valence-electron chi connectivity index (χ4n) is 4.04. The maximum atomic E-state index is 13.5. The van der Waals surface area contributed by atoms with Crippen LogP contribution in [0.1, 0.15) is 53.0 Å². The van der Waals surface area contributed by atoms with Crippen LogP contribution in [0.15, 0.2) is 22.6 Å². The summed E-state index contributed by atoms with van der Waals surface area (Å²) in [4.78, 5) is 21.2. The van der Waals surface area contributed by atoms with Gasteiger partial charge < -0.3 is 9.32 Å². The van der Waals surface area contributed by atoms with Gasteiger partial charge in [-0.05, 0) is 42.9 Å². The van der Waals surface area contributed by atoms with Gasteiger partial charge >= 0.3 is 5.91 Å². The first-order valence-corrected chi connectivity index (χ1v) is 9.64. The van der Waals surface area contributed by atoms with E-state index in [0.717, 1.165) is 49.4 Å². The van der Waals surface area contributed by atoms with E-state index in [1.807, 2.05) is 19.2 Å². The number of halogens is 1. The Morgan fingerprint density at radius 3 is 2.89 bits per heavy atom. The lowest BCUT2D eigenvalue weighted by Crippen LogP contribution is -2.44. The highest BCUT2D eigenvalue weighted by Gasteiger charge is 2.34. The number of fused-ring (bicyclic) bond motifs is 1. The Morgan fingerprint density at radius 1 is 1.41 bits per heavy atom. The molecule has 1 aliphatic heterocycles. The molecule has 144 valence electrons. The molecule has 6 heteroatoms. The summed E-state index contributed by atoms with van der Waals surface area (Å²) in [5, 5.41) is 0. The molecule has 0 atom stereocenters. The van der Waals surface area contributed by atoms with Gasteiger partial charge in [-0.15, -0.1) is 0 Å². The van der Waals surface area contributed by atoms with Crippen LogP contribution in [0.4, 0.5) is 4.39 Å². The number of nitrogens with zero attached hydrogens (tertiary/aromatic N) is 3. The zero-order chi connectivity index (χ0) is 19.1. The second kappa shape index (κ2) is 7.08. The van der Waals surface area contributed by atoms with Gasteiger partial charge in [0.15, 0.2) is 0 Å². The van der Waals surface area contributed by atoms with Crippen molar-refractivity contribution in [2.75, 3.05) is 13.6 Å². The maximum Gasteiger partial charge on any atom is 0.309 e. The number of hydrogen-bond acceptors (Lipinski definition) is 4. The van der Waals surface area contributed by atoms with Crippen LogP contribution < -0.4 is 0 Å². The SMILES string of the molecule is Cc1cc(CN2CCc3oc(C(=O)N(C)C4CC(C)C4)nc3C2)ccc1F. The van der Waals surface area contributed by atoms with Crippen LogP contribution in [-0.4, -0.2) is 40.3 Å². The van der Waals surface area contributed by atoms with Gasteiger partial charge in [0.25, 0.3) is 5.89 Å². The molecule has 1 aliphatic carbocycles. The fraction of sp³-hybridized carbons (Fsp3) is 0.524. The van der Waals surface area contributed by atoms with E-state index in [0.29, 0.717) is 24.1 Å². The monoisotopic (exact) mass is 371 g/mol. The van der Waals surface area contributed by atoms with E-state index in [2.05, 4.69) is 16.8 Å². The Labute approximate surface area is 159 Å². The minimum Gasteiger partial charge on any atom is -0.437 e. The van der Waals surface area contributed by atoms with Gasteiger partial charge in [-0.25, -0.2) is 9.37 Å². The predicted octanol–water partition coefficient (Wildman–Crippen LogP) is 3.55. The highest BCUT2D eigenvalue weighted by molar-refractivity contribution is 5.89. The Hall–Kier alpha value is -2.21. The third-order valence-electron chi connectivity index (χ3n) is 5.84. The molecule has 2 heterocycles. The van der Waals surface area contributed by atoms with Crippen LogP contribution in [0.25, 0.3) is 0 Å². The number of carbonyl (C=O) groups excluding carboxylic acids is 1. The van der Waals surface area contributed by atoms with Gasteiger partial charge in [0, 0.05) is 39.1 Å². The molecule has 1 amide bonds. The molecule has 2 aliphatic rings. The lowest BCUT2D eigenvalue weighted by atomic mass is 9.81. The Balaban J connectivity index is 1.42. The standard InChI is InChI=1S/C21H26FN3O2/c1-13-8-16(9-13)24(3)21(26)20-23-18-12-25(7-6-19(18)27-20)11-15-4-5-17(22)14(2)10-15/h4-5,10,13,16H,6-9,11-12H2,1-3H3. The normalized spacial score (nSPS) is 22.2. The van der Waals surface area contributed by atoms with Gasteiger partial charge in [0.1, 0.15) is 11.6 Å². The summed E-state index contributed by atoms with van der Waals surface area (Å²) < 4.78 is 19.2. The lowest BCUT2D eigenvalue weighted by molar-refractivity contribution is 0.0531. The Morgan fingerprint density at radius 2 is 2.19 bits per heavy atom. The van der Waals surface area contributed by atoms with Crippen LogP contribution in [-0.2, 0) is 19.5 Å². The van der Waals surface area contributed by atoms with Gasteiger partial charge in [-0.3, -0.25) is 9.69 Å². The first-order chi connectivity index (χ1) is 12.9. The number of oxazole rings is 1. The van der Waals surface area contributed by atoms with Gasteiger partial charge in [-0.2, -0.15) is 0 Å². The molecule has 1 saturated carbocycles. The first-order valence-electron chi connectivity index (χ1n) is 9.64. The minimum absolute atomic E-state index is 0.123. The van der Waals surface area contributed by atoms with E-state index in [9.17, 15) is 9.18 Å². The molecule has 1 fully saturated rings. The van der Waals surface area contributed by atoms with E-state index >= 15 is 0 Å². The third kappa shape index (κ3) is 3.63. The topological polar surface area (TPSA) is 49.6 Å². The first kappa shape index (κ1) is 18.2. The molecule has 1 aromatic carbocycles. The van der Waals surface area contributed by atoms with Crippen molar-refractivity contribution >= 4 is 5.91 Å². The summed E-state index contributed by atoms with van der Waals surface area (Å²) in [6.45, 7) is 6.20. The molecule has 27 heavy (non-hydrogen) atoms. The highest BCUT2D eigenvalue weighted by Crippen LogP contribution is 2.31. The summed E-state index contributed by atoms with van der Waals surface area (Å²) in [5.41, 5.74) is 2.59. The zero-order valence-electron chi connectivity index (χ0n) is 16.2. The smallest absolute Gasteiger partial charge is 0.309 e. The molecule has 1 aromatic heterocycles. The molecule has 0 unspecified atom stereocenters. The van der Waals surface area contributed by atoms with Crippen LogP contribution in [0, 0.1) is 18.7 Å². The number of aryl methyl sites for hydroxylation is 1. The average molecular weight is 371 g/mol. The average Bonchev–Trinajstić information content (AvgIpc) is 3.04. The van der Waals surface area contributed by atoms with Crippen molar-refractivity contribution in [1.29, 1.82) is 0 Å². The molecular weight excluding hydrogens is 345 g/mol. The quantitative estimate of drug-likeness (QED) is 0.825. The summed E-state index contributed by atoms with van der Waals surface area (Å²) in [6, 6.07) is 5.53. The minimum atomic E-state index is -0.177. The van der Waals surface area contributed by atoms with Crippen LogP contribution in [0.2, 0.25) is 0 Å². The molecule has 5 nitrogen and oxygen atoms in total. The summed E-state index contributed by atoms with van der Waals surface area (Å²) in [6.07, 6.45) is 2.83. The molecular formula is C21H26FN3O2. The largest absolute Gasteiger partial charge is 0.437 e. The predicted molar refractivity (Wildman–Crippen MR) is 99.7 cm³/mol. The van der Waals surface area contributed by atoms with Crippen LogP contribution in [0.3, 0.4) is 0 Å². The molecule has 0 saturated heterocycles. The van der Waals surface area contributed by atoms with E-state index < -0.39 is 0 Å². The lowest BCUT2D eigenvalue weighted by Gasteiger charge is -2.38. The van der Waals surface area contributed by atoms with E-state index in [1.54, 1.807) is 11.8 Å². The number of aromatic nitrogens is 1. The van der Waals surface area contributed by atoms with Crippen molar-refractivity contribution in [1.82, 2.24) is 14.8 Å². The highest BCUT2D eigenvalue weighted by atomic mass is 19.1. The number of benzene rings is 1. The van der Waals surface area contributed by atoms with Crippen molar-refractivity contribution in [3.8, 4) is 0 Å². The van der Waals surface area contributed by atoms with Crippen molar-refractivity contribution < 1.29 is 13.6 Å². The van der Waals surface area contributed by atoms with E-state index in [-0.39, 0.29) is 17.6 Å². The third-order valence-corrected chi connectivity index (χ3v) is 5.84. The summed E-state index contributed by atoms with van der Waals surface area (Å²) in [7, 11) is 1.84. The Kier molecular flexibility index (Phi) is 4.76. The number of rotatable bonds is 4. The number of hydrogen-bond donors (Lipinski definition) is 0. The van der Waals surface area contributed by atoms with Crippen molar-refractivity contribution in [3.63, 3.8) is 0 Å². The summed E-state index contributed by atoms with van der Waals surface area (Å²) in [5.74, 6) is 1.42. The Bertz CT molecular complexity index is 857. The number of amides is 1.